The molecule has 2 rings (SSSR count). The van der Waals surface area contributed by atoms with Crippen LogP contribution in [-0.4, -0.2) is 16.7 Å². The van der Waals surface area contributed by atoms with Crippen molar-refractivity contribution >= 4 is 34.9 Å². The molecule has 0 fully saturated rings. The lowest BCUT2D eigenvalue weighted by molar-refractivity contribution is -0.113. The standard InChI is InChI=1S/C14H12Cl2N4/c1-8-4-2-7-11(19-8)13(17)20-14(18)12-9(15)5-3-6-10(12)16/h2-7H,1H3,(H3,17,18,20)/p+1. The second-order valence-corrected chi connectivity index (χ2v) is 4.96. The summed E-state index contributed by atoms with van der Waals surface area (Å²) in [6, 6.07) is 10.6. The number of nitrogens with zero attached hydrogens (tertiary/aromatic N) is 2. The van der Waals surface area contributed by atoms with Crippen molar-refractivity contribution in [1.29, 1.82) is 0 Å². The first-order valence-corrected chi connectivity index (χ1v) is 6.59. The molecule has 0 unspecified atom stereocenters. The van der Waals surface area contributed by atoms with E-state index in [1.165, 1.54) is 0 Å². The van der Waals surface area contributed by atoms with Crippen molar-refractivity contribution in [3.8, 4) is 0 Å². The van der Waals surface area contributed by atoms with E-state index >= 15 is 0 Å². The van der Waals surface area contributed by atoms with Gasteiger partial charge in [0.1, 0.15) is 11.3 Å². The van der Waals surface area contributed by atoms with E-state index in [-0.39, 0.29) is 11.7 Å². The van der Waals surface area contributed by atoms with Gasteiger partial charge in [-0.05, 0) is 36.2 Å². The van der Waals surface area contributed by atoms with E-state index in [1.54, 1.807) is 24.3 Å². The van der Waals surface area contributed by atoms with Crippen LogP contribution in [0.15, 0.2) is 41.4 Å². The average molecular weight is 308 g/mol. The lowest BCUT2D eigenvalue weighted by Gasteiger charge is -2.00. The van der Waals surface area contributed by atoms with Crippen LogP contribution in [0.3, 0.4) is 0 Å². The maximum Gasteiger partial charge on any atom is 0.327 e. The Morgan fingerprint density at radius 1 is 1.15 bits per heavy atom. The second kappa shape index (κ2) is 6.03. The average Bonchev–Trinajstić information content (AvgIpc) is 2.38. The summed E-state index contributed by atoms with van der Waals surface area (Å²) in [7, 11) is 0. The fourth-order valence-corrected chi connectivity index (χ4v) is 2.26. The molecular weight excluding hydrogens is 295 g/mol. The number of aromatic nitrogens is 1. The zero-order chi connectivity index (χ0) is 14.7. The minimum Gasteiger partial charge on any atom is -0.361 e. The molecular formula is C14H13Cl2N4+. The van der Waals surface area contributed by atoms with Gasteiger partial charge in [-0.15, -0.1) is 0 Å². The molecule has 0 aliphatic rings. The first-order chi connectivity index (χ1) is 9.49. The normalized spacial score (nSPS) is 11.4. The molecule has 1 aromatic carbocycles. The topological polar surface area (TPSA) is 76.9 Å². The highest BCUT2D eigenvalue weighted by atomic mass is 35.5. The molecule has 20 heavy (non-hydrogen) atoms. The smallest absolute Gasteiger partial charge is 0.327 e. The summed E-state index contributed by atoms with van der Waals surface area (Å²) in [4.78, 5) is 8.41. The van der Waals surface area contributed by atoms with Gasteiger partial charge in [0, 0.05) is 5.69 Å². The van der Waals surface area contributed by atoms with Crippen LogP contribution in [-0.2, 0) is 0 Å². The zero-order valence-electron chi connectivity index (χ0n) is 10.8. The van der Waals surface area contributed by atoms with Crippen molar-refractivity contribution < 1.29 is 5.41 Å². The van der Waals surface area contributed by atoms with Gasteiger partial charge in [-0.3, -0.25) is 5.41 Å². The van der Waals surface area contributed by atoms with E-state index in [4.69, 9.17) is 34.3 Å². The number of aryl methyl sites for hydroxylation is 1. The third-order valence-corrected chi connectivity index (χ3v) is 3.24. The van der Waals surface area contributed by atoms with Gasteiger partial charge in [-0.1, -0.05) is 35.3 Å². The molecule has 0 aliphatic carbocycles. The number of aliphatic imine (C=N–C) groups is 1. The maximum atomic E-state index is 6.07. The Morgan fingerprint density at radius 3 is 2.35 bits per heavy atom. The highest BCUT2D eigenvalue weighted by Crippen LogP contribution is 2.24. The molecule has 0 saturated heterocycles. The minimum absolute atomic E-state index is 0.154. The molecule has 0 spiro atoms. The summed E-state index contributed by atoms with van der Waals surface area (Å²) in [5.74, 6) is 0.364. The summed E-state index contributed by atoms with van der Waals surface area (Å²) in [6.07, 6.45) is 0. The van der Waals surface area contributed by atoms with Gasteiger partial charge >= 0.3 is 5.84 Å². The molecule has 0 amide bonds. The number of hydrogen-bond donors (Lipinski definition) is 2. The number of benzene rings is 1. The van der Waals surface area contributed by atoms with E-state index < -0.39 is 0 Å². The Morgan fingerprint density at radius 2 is 1.75 bits per heavy atom. The van der Waals surface area contributed by atoms with Crippen molar-refractivity contribution in [3.05, 3.63) is 63.4 Å². The van der Waals surface area contributed by atoms with Crippen LogP contribution in [0.25, 0.3) is 0 Å². The van der Waals surface area contributed by atoms with Gasteiger partial charge in [0.15, 0.2) is 0 Å². The lowest BCUT2D eigenvalue weighted by atomic mass is 10.2. The maximum absolute atomic E-state index is 6.07. The summed E-state index contributed by atoms with van der Waals surface area (Å²) >= 11 is 12.1. The van der Waals surface area contributed by atoms with Crippen LogP contribution in [0.2, 0.25) is 10.0 Å². The number of amidine groups is 2. The lowest BCUT2D eigenvalue weighted by Crippen LogP contribution is -2.40. The molecule has 6 heteroatoms. The van der Waals surface area contributed by atoms with E-state index in [0.717, 1.165) is 5.69 Å². The third-order valence-electron chi connectivity index (χ3n) is 2.61. The molecule has 102 valence electrons. The van der Waals surface area contributed by atoms with Crippen LogP contribution in [0.4, 0.5) is 0 Å². The molecule has 0 aliphatic heterocycles. The Hall–Kier alpha value is -1.91. The SMILES string of the molecule is Cc1cccc(C(N)=NC(=[NH2+])c2c(Cl)cccc2Cl)n1. The minimum atomic E-state index is 0.154. The fraction of sp³-hybridized carbons (Fsp3) is 0.0714. The molecule has 0 atom stereocenters. The van der Waals surface area contributed by atoms with Crippen LogP contribution in [0, 0.1) is 6.92 Å². The van der Waals surface area contributed by atoms with E-state index in [9.17, 15) is 0 Å². The van der Waals surface area contributed by atoms with Gasteiger partial charge in [0.2, 0.25) is 0 Å². The number of rotatable bonds is 2. The summed E-state index contributed by atoms with van der Waals surface area (Å²) in [6.45, 7) is 1.87. The Bertz CT molecular complexity index is 675. The molecule has 2 aromatic rings. The van der Waals surface area contributed by atoms with E-state index in [1.807, 2.05) is 19.1 Å². The van der Waals surface area contributed by atoms with Crippen molar-refractivity contribution in [2.45, 2.75) is 6.92 Å². The zero-order valence-corrected chi connectivity index (χ0v) is 12.3. The predicted molar refractivity (Wildman–Crippen MR) is 82.2 cm³/mol. The summed E-state index contributed by atoms with van der Waals surface area (Å²) in [5.41, 5.74) is 7.76. The van der Waals surface area contributed by atoms with Gasteiger partial charge in [0.25, 0.3) is 5.84 Å². The highest BCUT2D eigenvalue weighted by molar-refractivity contribution is 6.40. The number of hydrogen-bond acceptors (Lipinski definition) is 1. The molecule has 4 N–H and O–H groups in total. The number of halogens is 2. The third kappa shape index (κ3) is 3.15. The van der Waals surface area contributed by atoms with Crippen molar-refractivity contribution in [3.63, 3.8) is 0 Å². The molecule has 1 heterocycles. The first-order valence-electron chi connectivity index (χ1n) is 5.84. The molecule has 0 saturated carbocycles. The van der Waals surface area contributed by atoms with Crippen LogP contribution in [0.1, 0.15) is 17.0 Å². The second-order valence-electron chi connectivity index (χ2n) is 4.14. The van der Waals surface area contributed by atoms with E-state index in [2.05, 4.69) is 9.98 Å². The first kappa shape index (κ1) is 14.5. The Kier molecular flexibility index (Phi) is 4.37. The van der Waals surface area contributed by atoms with Crippen molar-refractivity contribution in [2.24, 2.45) is 10.7 Å². The van der Waals surface area contributed by atoms with Gasteiger partial charge in [0.05, 0.1) is 10.0 Å². The van der Waals surface area contributed by atoms with Crippen LogP contribution >= 0.6 is 23.2 Å². The molecule has 1 aromatic heterocycles. The van der Waals surface area contributed by atoms with Crippen molar-refractivity contribution in [1.82, 2.24) is 4.98 Å². The van der Waals surface area contributed by atoms with Crippen LogP contribution < -0.4 is 11.1 Å². The quantitative estimate of drug-likeness (QED) is 0.653. The monoisotopic (exact) mass is 307 g/mol. The predicted octanol–water partition coefficient (Wildman–Crippen LogP) is 1.61. The van der Waals surface area contributed by atoms with Crippen molar-refractivity contribution in [2.75, 3.05) is 0 Å². The molecule has 0 bridgehead atoms. The van der Waals surface area contributed by atoms with Gasteiger partial charge in [-0.25, -0.2) is 4.98 Å². The highest BCUT2D eigenvalue weighted by Gasteiger charge is 2.18. The van der Waals surface area contributed by atoms with Crippen LogP contribution in [0.5, 0.6) is 0 Å². The number of pyridine rings is 1. The number of nitrogens with two attached hydrogens (primary N) is 2. The van der Waals surface area contributed by atoms with Gasteiger partial charge < -0.3 is 5.73 Å². The molecule has 4 nitrogen and oxygen atoms in total. The fourth-order valence-electron chi connectivity index (χ4n) is 1.67. The van der Waals surface area contributed by atoms with Gasteiger partial charge in [-0.2, -0.15) is 0 Å². The Labute approximate surface area is 126 Å². The Balaban J connectivity index is 2.37. The molecule has 0 radical (unpaired) electrons. The van der Waals surface area contributed by atoms with E-state index in [0.29, 0.717) is 21.3 Å². The summed E-state index contributed by atoms with van der Waals surface area (Å²) < 4.78 is 0. The summed E-state index contributed by atoms with van der Waals surface area (Å²) in [5, 5.41) is 6.77. The largest absolute Gasteiger partial charge is 0.361 e.